The third-order valence-electron chi connectivity index (χ3n) is 8.62. The molecule has 35 heavy (non-hydrogen) atoms. The molecule has 2 fully saturated rings. The average molecular weight is 483 g/mol. The minimum Gasteiger partial charge on any atom is -0.497 e. The molecular formula is C29H42N2O4. The Morgan fingerprint density at radius 3 is 2.66 bits per heavy atom. The number of aromatic nitrogens is 1. The molecule has 0 bridgehead atoms. The number of rotatable bonds is 10. The predicted octanol–water partition coefficient (Wildman–Crippen LogP) is 5.89. The Bertz CT molecular complexity index is 994. The number of carboxylic acid groups (broad SMARTS) is 1. The maximum Gasteiger partial charge on any atom is 0.303 e. The molecule has 0 spiro atoms. The smallest absolute Gasteiger partial charge is 0.303 e. The summed E-state index contributed by atoms with van der Waals surface area (Å²) in [7, 11) is 1.64. The Morgan fingerprint density at radius 1 is 1.23 bits per heavy atom. The van der Waals surface area contributed by atoms with Crippen LogP contribution in [0.5, 0.6) is 5.75 Å². The van der Waals surface area contributed by atoms with Gasteiger partial charge in [0.05, 0.1) is 25.2 Å². The van der Waals surface area contributed by atoms with Crippen LogP contribution in [0.1, 0.15) is 87.9 Å². The number of likely N-dealkylation sites (tertiary alicyclic amines) is 1. The normalized spacial score (nSPS) is 20.1. The molecule has 1 unspecified atom stereocenters. The first kappa shape index (κ1) is 25.9. The van der Waals surface area contributed by atoms with Crippen LogP contribution in [-0.2, 0) is 4.79 Å². The van der Waals surface area contributed by atoms with Crippen molar-refractivity contribution >= 4 is 16.9 Å². The molecule has 1 atom stereocenters. The second-order valence-corrected chi connectivity index (χ2v) is 11.0. The first-order valence-electron chi connectivity index (χ1n) is 13.4. The highest BCUT2D eigenvalue weighted by Crippen LogP contribution is 2.42. The fourth-order valence-corrected chi connectivity index (χ4v) is 6.38. The van der Waals surface area contributed by atoms with Gasteiger partial charge in [0.1, 0.15) is 5.75 Å². The van der Waals surface area contributed by atoms with E-state index in [1.54, 1.807) is 7.11 Å². The van der Waals surface area contributed by atoms with Gasteiger partial charge in [0, 0.05) is 11.6 Å². The van der Waals surface area contributed by atoms with E-state index in [0.717, 1.165) is 66.2 Å². The van der Waals surface area contributed by atoms with Gasteiger partial charge in [-0.3, -0.25) is 9.78 Å². The fraction of sp³-hybridized carbons (Fsp3) is 0.655. The van der Waals surface area contributed by atoms with E-state index in [1.807, 2.05) is 31.3 Å². The van der Waals surface area contributed by atoms with E-state index < -0.39 is 12.1 Å². The number of methoxy groups -OCH3 is 1. The van der Waals surface area contributed by atoms with Gasteiger partial charge < -0.3 is 19.8 Å². The second kappa shape index (κ2) is 11.7. The number of aliphatic hydroxyl groups is 1. The zero-order valence-corrected chi connectivity index (χ0v) is 21.5. The molecule has 2 heterocycles. The summed E-state index contributed by atoms with van der Waals surface area (Å²) in [6.07, 6.45) is 12.6. The number of aliphatic hydroxyl groups excluding tert-OH is 1. The zero-order chi connectivity index (χ0) is 24.8. The molecule has 2 aliphatic rings. The number of ether oxygens (including phenoxy) is 1. The van der Waals surface area contributed by atoms with Crippen LogP contribution in [0.3, 0.4) is 0 Å². The largest absolute Gasteiger partial charge is 0.497 e. The second-order valence-electron chi connectivity index (χ2n) is 11.0. The zero-order valence-electron chi connectivity index (χ0n) is 21.5. The number of hydrogen-bond acceptors (Lipinski definition) is 5. The monoisotopic (exact) mass is 482 g/mol. The quantitative estimate of drug-likeness (QED) is 0.439. The van der Waals surface area contributed by atoms with Crippen LogP contribution >= 0.6 is 0 Å². The van der Waals surface area contributed by atoms with E-state index in [-0.39, 0.29) is 11.8 Å². The molecular weight excluding hydrogens is 440 g/mol. The van der Waals surface area contributed by atoms with E-state index in [4.69, 9.17) is 4.74 Å². The summed E-state index contributed by atoms with van der Waals surface area (Å²) in [5.74, 6) is 0.883. The number of aryl methyl sites for hydroxylation is 1. The minimum atomic E-state index is -0.731. The van der Waals surface area contributed by atoms with Gasteiger partial charge in [0.15, 0.2) is 0 Å². The van der Waals surface area contributed by atoms with Crippen LogP contribution < -0.4 is 4.74 Å². The average Bonchev–Trinajstić information content (AvgIpc) is 2.87. The molecule has 4 rings (SSSR count). The summed E-state index contributed by atoms with van der Waals surface area (Å²) < 4.78 is 5.40. The topological polar surface area (TPSA) is 82.9 Å². The molecule has 1 aromatic heterocycles. The predicted molar refractivity (Wildman–Crippen MR) is 139 cm³/mol. The van der Waals surface area contributed by atoms with Crippen molar-refractivity contribution in [2.45, 2.75) is 83.7 Å². The molecule has 2 aromatic rings. The van der Waals surface area contributed by atoms with Gasteiger partial charge >= 0.3 is 5.97 Å². The lowest BCUT2D eigenvalue weighted by Crippen LogP contribution is -2.42. The maximum absolute atomic E-state index is 11.8. The first-order valence-corrected chi connectivity index (χ1v) is 13.4. The number of carboxylic acids is 1. The van der Waals surface area contributed by atoms with Gasteiger partial charge in [-0.1, -0.05) is 32.1 Å². The Kier molecular flexibility index (Phi) is 8.66. The van der Waals surface area contributed by atoms with Crippen molar-refractivity contribution in [3.63, 3.8) is 0 Å². The van der Waals surface area contributed by atoms with Crippen molar-refractivity contribution in [3.8, 4) is 5.75 Å². The van der Waals surface area contributed by atoms with Crippen molar-refractivity contribution in [2.24, 2.45) is 11.3 Å². The summed E-state index contributed by atoms with van der Waals surface area (Å²) in [5.41, 5.74) is 2.41. The summed E-state index contributed by atoms with van der Waals surface area (Å²) in [5, 5.41) is 21.9. The summed E-state index contributed by atoms with van der Waals surface area (Å²) in [4.78, 5) is 18.9. The molecule has 1 aliphatic carbocycles. The lowest BCUT2D eigenvalue weighted by Gasteiger charge is -2.42. The number of fused-ring (bicyclic) bond motifs is 1. The Balaban J connectivity index is 1.40. The van der Waals surface area contributed by atoms with Crippen molar-refractivity contribution in [3.05, 3.63) is 35.5 Å². The molecule has 6 nitrogen and oxygen atoms in total. The summed E-state index contributed by atoms with van der Waals surface area (Å²) in [6.45, 7) is 5.04. The molecule has 1 saturated carbocycles. The number of piperidine rings is 1. The number of hydrogen-bond donors (Lipinski definition) is 2. The lowest BCUT2D eigenvalue weighted by molar-refractivity contribution is -0.141. The van der Waals surface area contributed by atoms with Crippen molar-refractivity contribution in [1.82, 2.24) is 9.88 Å². The van der Waals surface area contributed by atoms with E-state index in [9.17, 15) is 15.0 Å². The lowest BCUT2D eigenvalue weighted by atomic mass is 9.71. The number of aliphatic carboxylic acids is 1. The molecule has 2 N–H and O–H groups in total. The highest BCUT2D eigenvalue weighted by atomic mass is 16.5. The molecule has 1 aromatic carbocycles. The molecule has 192 valence electrons. The molecule has 0 amide bonds. The number of nitrogens with zero attached hydrogens (tertiary/aromatic N) is 2. The van der Waals surface area contributed by atoms with E-state index in [2.05, 4.69) is 9.88 Å². The minimum absolute atomic E-state index is 0.181. The fourth-order valence-electron chi connectivity index (χ4n) is 6.38. The van der Waals surface area contributed by atoms with Crippen LogP contribution in [0.2, 0.25) is 0 Å². The van der Waals surface area contributed by atoms with E-state index in [1.165, 1.54) is 38.5 Å². The van der Waals surface area contributed by atoms with Crippen LogP contribution in [0, 0.1) is 18.3 Å². The highest BCUT2D eigenvalue weighted by Gasteiger charge is 2.37. The van der Waals surface area contributed by atoms with Crippen LogP contribution in [0.4, 0.5) is 0 Å². The summed E-state index contributed by atoms with van der Waals surface area (Å²) in [6, 6.07) is 5.73. The third-order valence-corrected chi connectivity index (χ3v) is 8.62. The van der Waals surface area contributed by atoms with Crippen LogP contribution in [0.15, 0.2) is 24.4 Å². The van der Waals surface area contributed by atoms with Gasteiger partial charge in [-0.25, -0.2) is 0 Å². The first-order chi connectivity index (χ1) is 16.9. The molecule has 0 radical (unpaired) electrons. The molecule has 1 saturated heterocycles. The van der Waals surface area contributed by atoms with Crippen molar-refractivity contribution < 1.29 is 19.7 Å². The van der Waals surface area contributed by atoms with Gasteiger partial charge in [-0.05, 0) is 99.3 Å². The highest BCUT2D eigenvalue weighted by molar-refractivity contribution is 5.84. The number of carbonyl (C=O) groups is 1. The Labute approximate surface area is 209 Å². The Hall–Kier alpha value is -2.18. The Morgan fingerprint density at radius 2 is 1.97 bits per heavy atom. The SMILES string of the molecule is COc1ccc2ncc(C)c(C(O)CCC3(CC(=O)O)CCN(CCC4CCCCC4)CC3)c2c1. The maximum atomic E-state index is 11.8. The van der Waals surface area contributed by atoms with Gasteiger partial charge in [0.25, 0.3) is 0 Å². The number of pyridine rings is 1. The van der Waals surface area contributed by atoms with Gasteiger partial charge in [0.2, 0.25) is 0 Å². The molecule has 1 aliphatic heterocycles. The van der Waals surface area contributed by atoms with Crippen LogP contribution in [0.25, 0.3) is 10.9 Å². The van der Waals surface area contributed by atoms with E-state index in [0.29, 0.717) is 12.8 Å². The standard InChI is InChI=1S/C29H42N2O4/c1-21-20-30-25-9-8-23(35-2)18-24(25)28(21)26(32)10-12-29(19-27(33)34)13-16-31(17-14-29)15-11-22-6-4-3-5-7-22/h8-9,18,20,22,26,32H,3-7,10-17,19H2,1-2H3,(H,33,34). The number of benzene rings is 1. The van der Waals surface area contributed by atoms with Crippen LogP contribution in [-0.4, -0.2) is 52.8 Å². The molecule has 6 heteroatoms. The van der Waals surface area contributed by atoms with Crippen molar-refractivity contribution in [1.29, 1.82) is 0 Å². The van der Waals surface area contributed by atoms with Gasteiger partial charge in [-0.15, -0.1) is 0 Å². The third kappa shape index (κ3) is 6.53. The van der Waals surface area contributed by atoms with Crippen molar-refractivity contribution in [2.75, 3.05) is 26.7 Å². The van der Waals surface area contributed by atoms with Gasteiger partial charge in [-0.2, -0.15) is 0 Å². The van der Waals surface area contributed by atoms with E-state index >= 15 is 0 Å². The summed E-state index contributed by atoms with van der Waals surface area (Å²) >= 11 is 0.